The van der Waals surface area contributed by atoms with Crippen LogP contribution in [0.2, 0.25) is 0 Å². The van der Waals surface area contributed by atoms with Gasteiger partial charge in [-0.1, -0.05) is 0 Å². The number of thiol groups is 1. The first kappa shape index (κ1) is 14.7. The van der Waals surface area contributed by atoms with Gasteiger partial charge in [0.15, 0.2) is 0 Å². The van der Waals surface area contributed by atoms with E-state index in [9.17, 15) is 18.0 Å². The van der Waals surface area contributed by atoms with Crippen LogP contribution in [0.4, 0.5) is 13.2 Å². The lowest BCUT2D eigenvalue weighted by molar-refractivity contribution is -0.0328. The van der Waals surface area contributed by atoms with Crippen molar-refractivity contribution in [2.24, 2.45) is 0 Å². The molecule has 0 aliphatic rings. The van der Waals surface area contributed by atoms with Gasteiger partial charge >= 0.3 is 11.5 Å². The van der Waals surface area contributed by atoms with Crippen molar-refractivity contribution in [2.75, 3.05) is 7.11 Å². The Labute approximate surface area is 110 Å². The van der Waals surface area contributed by atoms with E-state index in [4.69, 9.17) is 5.26 Å². The molecule has 18 heavy (non-hydrogen) atoms. The number of alkyl halides is 3. The smallest absolute Gasteiger partial charge is 0.446 e. The van der Waals surface area contributed by atoms with Crippen LogP contribution < -0.4 is 0 Å². The number of thioether (sulfide) groups is 1. The molecule has 96 valence electrons. The van der Waals surface area contributed by atoms with E-state index in [0.717, 1.165) is 13.2 Å². The lowest BCUT2D eigenvalue weighted by atomic mass is 10.1. The van der Waals surface area contributed by atoms with Crippen LogP contribution in [0.1, 0.15) is 15.9 Å². The summed E-state index contributed by atoms with van der Waals surface area (Å²) >= 11 is 3.45. The molecule has 1 aromatic rings. The predicted molar refractivity (Wildman–Crippen MR) is 61.7 cm³/mol. The number of ether oxygens (including phenoxy) is 1. The summed E-state index contributed by atoms with van der Waals surface area (Å²) in [5.74, 6) is -0.969. The zero-order valence-corrected chi connectivity index (χ0v) is 10.6. The maximum atomic E-state index is 12.3. The summed E-state index contributed by atoms with van der Waals surface area (Å²) in [7, 11) is 1.04. The Morgan fingerprint density at radius 1 is 1.50 bits per heavy atom. The Bertz CT molecular complexity index is 523. The fourth-order valence-electron chi connectivity index (χ4n) is 1.17. The predicted octanol–water partition coefficient (Wildman–Crippen LogP) is 3.25. The first-order chi connectivity index (χ1) is 8.30. The molecule has 0 fully saturated rings. The second-order valence-electron chi connectivity index (χ2n) is 2.99. The van der Waals surface area contributed by atoms with Gasteiger partial charge in [0, 0.05) is 9.79 Å². The molecule has 0 bridgehead atoms. The standard InChI is InChI=1S/C10H6F3NO2S2/c1-16-9(15)7-6(18-10(11,12)13)3-2-5(4-14)8(7)17/h2-3,17H,1H3. The number of carbonyl (C=O) groups excluding carboxylic acids is 1. The van der Waals surface area contributed by atoms with E-state index in [-0.39, 0.29) is 20.9 Å². The molecule has 0 radical (unpaired) electrons. The van der Waals surface area contributed by atoms with Gasteiger partial charge in [0.25, 0.3) is 0 Å². The van der Waals surface area contributed by atoms with Crippen LogP contribution in [0.3, 0.4) is 0 Å². The van der Waals surface area contributed by atoms with Crippen molar-refractivity contribution in [3.8, 4) is 6.07 Å². The van der Waals surface area contributed by atoms with Crippen LogP contribution >= 0.6 is 24.4 Å². The molecule has 0 amide bonds. The van der Waals surface area contributed by atoms with Crippen molar-refractivity contribution in [3.05, 3.63) is 23.3 Å². The van der Waals surface area contributed by atoms with Gasteiger partial charge in [-0.2, -0.15) is 18.4 Å². The summed E-state index contributed by atoms with van der Waals surface area (Å²) in [4.78, 5) is 11.0. The SMILES string of the molecule is COC(=O)c1c(SC(F)(F)F)ccc(C#N)c1S. The third kappa shape index (κ3) is 3.34. The number of esters is 1. The molecular weight excluding hydrogens is 287 g/mol. The second-order valence-corrected chi connectivity index (χ2v) is 4.54. The van der Waals surface area contributed by atoms with E-state index in [2.05, 4.69) is 17.4 Å². The summed E-state index contributed by atoms with van der Waals surface area (Å²) in [6.45, 7) is 0. The number of nitriles is 1. The molecule has 0 aliphatic heterocycles. The number of halogens is 3. The van der Waals surface area contributed by atoms with E-state index in [0.29, 0.717) is 0 Å². The minimum atomic E-state index is -4.54. The lowest BCUT2D eigenvalue weighted by Gasteiger charge is -2.12. The molecular formula is C10H6F3NO2S2. The topological polar surface area (TPSA) is 50.1 Å². The number of methoxy groups -OCH3 is 1. The monoisotopic (exact) mass is 293 g/mol. The lowest BCUT2D eigenvalue weighted by Crippen LogP contribution is -2.09. The number of rotatable bonds is 2. The van der Waals surface area contributed by atoms with E-state index >= 15 is 0 Å². The Hall–Kier alpha value is -1.33. The van der Waals surface area contributed by atoms with Crippen molar-refractivity contribution < 1.29 is 22.7 Å². The minimum absolute atomic E-state index is 0.00487. The summed E-state index contributed by atoms with van der Waals surface area (Å²) in [6, 6.07) is 3.94. The van der Waals surface area contributed by atoms with Gasteiger partial charge in [0.1, 0.15) is 6.07 Å². The minimum Gasteiger partial charge on any atom is -0.465 e. The fourth-order valence-corrected chi connectivity index (χ4v) is 2.26. The highest BCUT2D eigenvalue weighted by atomic mass is 32.2. The van der Waals surface area contributed by atoms with Crippen LogP contribution in [0.15, 0.2) is 21.9 Å². The summed E-state index contributed by atoms with van der Waals surface area (Å²) < 4.78 is 41.4. The van der Waals surface area contributed by atoms with Gasteiger partial charge in [-0.25, -0.2) is 4.79 Å². The number of hydrogen-bond donors (Lipinski definition) is 1. The number of benzene rings is 1. The van der Waals surface area contributed by atoms with Crippen LogP contribution in [-0.4, -0.2) is 18.6 Å². The second kappa shape index (κ2) is 5.54. The molecule has 0 N–H and O–H groups in total. The average Bonchev–Trinajstić information content (AvgIpc) is 2.26. The summed E-state index contributed by atoms with van der Waals surface area (Å²) in [5, 5.41) is 8.74. The number of carbonyl (C=O) groups is 1. The molecule has 0 unspecified atom stereocenters. The Kier molecular flexibility index (Phi) is 4.53. The highest BCUT2D eigenvalue weighted by molar-refractivity contribution is 8.00. The molecule has 1 aromatic carbocycles. The third-order valence-electron chi connectivity index (χ3n) is 1.88. The number of hydrogen-bond acceptors (Lipinski definition) is 5. The molecule has 0 spiro atoms. The van der Waals surface area contributed by atoms with Crippen LogP contribution in [0.5, 0.6) is 0 Å². The Morgan fingerprint density at radius 3 is 2.56 bits per heavy atom. The largest absolute Gasteiger partial charge is 0.465 e. The van der Waals surface area contributed by atoms with Crippen LogP contribution in [0.25, 0.3) is 0 Å². The van der Waals surface area contributed by atoms with Gasteiger partial charge in [-0.15, -0.1) is 12.6 Å². The first-order valence-corrected chi connectivity index (χ1v) is 5.66. The van der Waals surface area contributed by atoms with E-state index in [1.165, 1.54) is 6.07 Å². The first-order valence-electron chi connectivity index (χ1n) is 4.40. The van der Waals surface area contributed by atoms with Crippen LogP contribution in [-0.2, 0) is 4.74 Å². The van der Waals surface area contributed by atoms with Crippen molar-refractivity contribution in [1.29, 1.82) is 5.26 Å². The van der Waals surface area contributed by atoms with E-state index in [1.54, 1.807) is 6.07 Å². The van der Waals surface area contributed by atoms with Crippen molar-refractivity contribution in [1.82, 2.24) is 0 Å². The van der Waals surface area contributed by atoms with E-state index < -0.39 is 23.2 Å². The van der Waals surface area contributed by atoms with Crippen molar-refractivity contribution in [2.45, 2.75) is 15.3 Å². The Balaban J connectivity index is 3.40. The zero-order chi connectivity index (χ0) is 13.9. The normalized spacial score (nSPS) is 10.9. The maximum Gasteiger partial charge on any atom is 0.446 e. The summed E-state index contributed by atoms with van der Waals surface area (Å²) in [5.41, 5.74) is -4.90. The quantitative estimate of drug-likeness (QED) is 0.516. The molecule has 8 heteroatoms. The number of nitrogens with zero attached hydrogens (tertiary/aromatic N) is 1. The van der Waals surface area contributed by atoms with Gasteiger partial charge in [-0.3, -0.25) is 0 Å². The van der Waals surface area contributed by atoms with Gasteiger partial charge in [0.05, 0.1) is 18.2 Å². The Morgan fingerprint density at radius 2 is 2.11 bits per heavy atom. The highest BCUT2D eigenvalue weighted by Crippen LogP contribution is 2.40. The average molecular weight is 293 g/mol. The van der Waals surface area contributed by atoms with Gasteiger partial charge in [0.2, 0.25) is 0 Å². The van der Waals surface area contributed by atoms with E-state index in [1.807, 2.05) is 0 Å². The molecule has 1 rings (SSSR count). The molecule has 3 nitrogen and oxygen atoms in total. The molecule has 0 saturated heterocycles. The maximum absolute atomic E-state index is 12.3. The highest BCUT2D eigenvalue weighted by Gasteiger charge is 2.32. The molecule has 0 heterocycles. The molecule has 0 aromatic heterocycles. The van der Waals surface area contributed by atoms with Crippen LogP contribution in [0, 0.1) is 11.3 Å². The third-order valence-corrected chi connectivity index (χ3v) is 3.13. The van der Waals surface area contributed by atoms with Crippen molar-refractivity contribution in [3.63, 3.8) is 0 Å². The molecule has 0 atom stereocenters. The van der Waals surface area contributed by atoms with Crippen molar-refractivity contribution >= 4 is 30.4 Å². The molecule has 0 saturated carbocycles. The van der Waals surface area contributed by atoms with Gasteiger partial charge in [-0.05, 0) is 23.9 Å². The molecule has 0 aliphatic carbocycles. The van der Waals surface area contributed by atoms with Gasteiger partial charge < -0.3 is 4.74 Å². The fraction of sp³-hybridized carbons (Fsp3) is 0.200. The zero-order valence-electron chi connectivity index (χ0n) is 8.91. The summed E-state index contributed by atoms with van der Waals surface area (Å²) in [6.07, 6.45) is 0.